The zero-order valence-corrected chi connectivity index (χ0v) is 23.7. The van der Waals surface area contributed by atoms with Crippen molar-refractivity contribution < 1.29 is 9.59 Å². The van der Waals surface area contributed by atoms with Crippen molar-refractivity contribution in [3.05, 3.63) is 69.5 Å². The lowest BCUT2D eigenvalue weighted by Gasteiger charge is -2.33. The number of benzene rings is 1. The van der Waals surface area contributed by atoms with Gasteiger partial charge in [-0.05, 0) is 78.7 Å². The van der Waals surface area contributed by atoms with E-state index >= 15 is 0 Å². The van der Waals surface area contributed by atoms with E-state index in [-0.39, 0.29) is 23.6 Å². The Morgan fingerprint density at radius 3 is 2.55 bits per heavy atom. The molecular formula is C27H33BrClN7O2. The summed E-state index contributed by atoms with van der Waals surface area (Å²) >= 11 is 9.70. The average Bonchev–Trinajstić information content (AvgIpc) is 3.23. The maximum absolute atomic E-state index is 13.1. The van der Waals surface area contributed by atoms with Crippen molar-refractivity contribution in [2.24, 2.45) is 11.7 Å². The van der Waals surface area contributed by atoms with E-state index < -0.39 is 0 Å². The van der Waals surface area contributed by atoms with Crippen LogP contribution in [0.1, 0.15) is 53.5 Å². The first-order valence-corrected chi connectivity index (χ1v) is 14.0. The van der Waals surface area contributed by atoms with Crippen LogP contribution in [0.2, 0.25) is 5.02 Å². The Bertz CT molecular complexity index is 1240. The molecule has 202 valence electrons. The molecule has 0 aliphatic carbocycles. The van der Waals surface area contributed by atoms with Crippen LogP contribution in [0.25, 0.3) is 0 Å². The second-order valence-electron chi connectivity index (χ2n) is 9.61. The molecule has 4 N–H and O–H groups in total. The highest BCUT2D eigenvalue weighted by Gasteiger charge is 2.25. The molecule has 0 spiro atoms. The Balaban J connectivity index is 1.36. The molecule has 1 aromatic carbocycles. The molecule has 1 aliphatic rings. The third-order valence-corrected chi connectivity index (χ3v) is 7.82. The molecule has 3 heterocycles. The zero-order chi connectivity index (χ0) is 27.1. The van der Waals surface area contributed by atoms with E-state index in [1.165, 1.54) is 5.69 Å². The number of amides is 2. The molecule has 1 atom stereocenters. The fraction of sp³-hybridized carbons (Fsp3) is 0.407. The van der Waals surface area contributed by atoms with Gasteiger partial charge in [0.15, 0.2) is 5.69 Å². The molecule has 9 nitrogen and oxygen atoms in total. The number of nitrogens with two attached hydrogens (primary N) is 1. The Labute approximate surface area is 236 Å². The summed E-state index contributed by atoms with van der Waals surface area (Å²) < 4.78 is 2.03. The smallest absolute Gasteiger partial charge is 0.273 e. The number of hydrogen-bond donors (Lipinski definition) is 3. The average molecular weight is 603 g/mol. The van der Waals surface area contributed by atoms with Crippen LogP contribution in [0.3, 0.4) is 0 Å². The number of carbonyl (C=O) groups excluding carboxylic acids is 2. The summed E-state index contributed by atoms with van der Waals surface area (Å²) in [5.41, 5.74) is 7.70. The summed E-state index contributed by atoms with van der Waals surface area (Å²) in [5, 5.41) is 10.7. The van der Waals surface area contributed by atoms with Gasteiger partial charge >= 0.3 is 0 Å². The number of aromatic nitrogens is 3. The summed E-state index contributed by atoms with van der Waals surface area (Å²) in [6.45, 7) is 4.88. The molecule has 1 saturated heterocycles. The summed E-state index contributed by atoms with van der Waals surface area (Å²) in [6, 6.07) is 10.8. The van der Waals surface area contributed by atoms with Gasteiger partial charge in [-0.2, -0.15) is 5.10 Å². The minimum absolute atomic E-state index is 0.0626. The summed E-state index contributed by atoms with van der Waals surface area (Å²) in [6.07, 6.45) is 7.32. The lowest BCUT2D eigenvalue weighted by Crippen LogP contribution is -2.35. The second kappa shape index (κ2) is 13.2. The summed E-state index contributed by atoms with van der Waals surface area (Å²) in [4.78, 5) is 32.5. The van der Waals surface area contributed by atoms with Crippen LogP contribution in [-0.2, 0) is 6.54 Å². The predicted molar refractivity (Wildman–Crippen MR) is 154 cm³/mol. The summed E-state index contributed by atoms with van der Waals surface area (Å²) in [5.74, 6) is 0.261. The molecule has 38 heavy (non-hydrogen) atoms. The monoisotopic (exact) mass is 601 g/mol. The molecule has 1 aliphatic heterocycles. The molecule has 4 rings (SSSR count). The maximum Gasteiger partial charge on any atom is 0.273 e. The number of nitrogens with zero attached hydrogens (tertiary/aromatic N) is 4. The predicted octanol–water partition coefficient (Wildman–Crippen LogP) is 4.72. The van der Waals surface area contributed by atoms with Crippen LogP contribution in [0.5, 0.6) is 0 Å². The molecule has 1 fully saturated rings. The quantitative estimate of drug-likeness (QED) is 0.309. The number of piperidine rings is 1. The first-order chi connectivity index (χ1) is 18.3. The molecule has 11 heteroatoms. The van der Waals surface area contributed by atoms with E-state index in [2.05, 4.69) is 41.5 Å². The molecule has 2 aromatic heterocycles. The largest absolute Gasteiger partial charge is 0.371 e. The SMILES string of the molecule is CC(N)CCn1nc(C(=O)NCCC2CCN(c3ccncc3)CC2)c(Br)c1NC(=O)c1ccccc1Cl. The number of aryl methyl sites for hydroxylation is 1. The van der Waals surface area contributed by atoms with Gasteiger partial charge in [0.2, 0.25) is 0 Å². The lowest BCUT2D eigenvalue weighted by atomic mass is 9.93. The lowest BCUT2D eigenvalue weighted by molar-refractivity contribution is 0.0943. The standard InChI is InChI=1S/C27H33BrClN7O2/c1-18(30)9-17-36-25(33-26(37)21-4-2-3-5-22(21)29)23(28)24(34-36)27(38)32-14-6-19-10-15-35(16-11-19)20-7-12-31-13-8-20/h2-5,7-8,12-13,18-19H,6,9-11,14-17,30H2,1H3,(H,32,38)(H,33,37). The van der Waals surface area contributed by atoms with Crippen molar-refractivity contribution in [2.45, 2.75) is 45.2 Å². The number of anilines is 2. The minimum Gasteiger partial charge on any atom is -0.371 e. The van der Waals surface area contributed by atoms with E-state index in [4.69, 9.17) is 17.3 Å². The van der Waals surface area contributed by atoms with Crippen molar-refractivity contribution in [1.82, 2.24) is 20.1 Å². The molecule has 1 unspecified atom stereocenters. The normalized spacial score (nSPS) is 14.8. The first-order valence-electron chi connectivity index (χ1n) is 12.8. The van der Waals surface area contributed by atoms with Gasteiger partial charge in [0.1, 0.15) is 5.82 Å². The van der Waals surface area contributed by atoms with Crippen molar-refractivity contribution in [3.63, 3.8) is 0 Å². The number of halogens is 2. The highest BCUT2D eigenvalue weighted by Crippen LogP contribution is 2.29. The van der Waals surface area contributed by atoms with E-state index in [9.17, 15) is 9.59 Å². The Hall–Kier alpha value is -2.95. The van der Waals surface area contributed by atoms with Gasteiger partial charge in [-0.15, -0.1) is 0 Å². The highest BCUT2D eigenvalue weighted by atomic mass is 79.9. The van der Waals surface area contributed by atoms with E-state index in [1.807, 2.05) is 31.5 Å². The van der Waals surface area contributed by atoms with Gasteiger partial charge in [0.25, 0.3) is 11.8 Å². The van der Waals surface area contributed by atoms with Crippen LogP contribution >= 0.6 is 27.5 Å². The molecule has 0 bridgehead atoms. The first kappa shape index (κ1) is 28.1. The van der Waals surface area contributed by atoms with Gasteiger partial charge < -0.3 is 21.3 Å². The van der Waals surface area contributed by atoms with Crippen LogP contribution in [0.4, 0.5) is 11.5 Å². The third-order valence-electron chi connectivity index (χ3n) is 6.74. The van der Waals surface area contributed by atoms with Crippen molar-refractivity contribution in [1.29, 1.82) is 0 Å². The van der Waals surface area contributed by atoms with Crippen LogP contribution < -0.4 is 21.3 Å². The zero-order valence-electron chi connectivity index (χ0n) is 21.4. The molecular weight excluding hydrogens is 570 g/mol. The fourth-order valence-electron chi connectivity index (χ4n) is 4.52. The molecule has 0 radical (unpaired) electrons. The fourth-order valence-corrected chi connectivity index (χ4v) is 5.31. The van der Waals surface area contributed by atoms with Gasteiger partial charge in [0, 0.05) is 50.3 Å². The highest BCUT2D eigenvalue weighted by molar-refractivity contribution is 9.10. The van der Waals surface area contributed by atoms with Crippen molar-refractivity contribution >= 4 is 50.9 Å². The van der Waals surface area contributed by atoms with Crippen LogP contribution in [-0.4, -0.2) is 52.3 Å². The number of pyridine rings is 1. The van der Waals surface area contributed by atoms with E-state index in [0.717, 1.165) is 32.4 Å². The Morgan fingerprint density at radius 2 is 1.87 bits per heavy atom. The molecule has 3 aromatic rings. The number of rotatable bonds is 10. The van der Waals surface area contributed by atoms with Crippen LogP contribution in [0.15, 0.2) is 53.3 Å². The van der Waals surface area contributed by atoms with Crippen molar-refractivity contribution in [3.8, 4) is 0 Å². The van der Waals surface area contributed by atoms with Crippen LogP contribution in [0, 0.1) is 5.92 Å². The van der Waals surface area contributed by atoms with Crippen molar-refractivity contribution in [2.75, 3.05) is 29.9 Å². The Morgan fingerprint density at radius 1 is 1.16 bits per heavy atom. The van der Waals surface area contributed by atoms with Gasteiger partial charge in [-0.25, -0.2) is 4.68 Å². The number of hydrogen-bond acceptors (Lipinski definition) is 6. The molecule has 2 amide bonds. The Kier molecular flexibility index (Phi) is 9.76. The van der Waals surface area contributed by atoms with Gasteiger partial charge in [-0.3, -0.25) is 14.6 Å². The summed E-state index contributed by atoms with van der Waals surface area (Å²) in [7, 11) is 0. The number of nitrogens with one attached hydrogen (secondary N) is 2. The molecule has 0 saturated carbocycles. The van der Waals surface area contributed by atoms with Gasteiger partial charge in [-0.1, -0.05) is 23.7 Å². The third kappa shape index (κ3) is 7.12. The topological polar surface area (TPSA) is 118 Å². The second-order valence-corrected chi connectivity index (χ2v) is 10.8. The number of carbonyl (C=O) groups is 2. The minimum atomic E-state index is -0.386. The van der Waals surface area contributed by atoms with Gasteiger partial charge in [0.05, 0.1) is 15.1 Å². The maximum atomic E-state index is 13.1. The van der Waals surface area contributed by atoms with E-state index in [0.29, 0.717) is 46.3 Å². The van der Waals surface area contributed by atoms with E-state index in [1.54, 1.807) is 28.9 Å².